The molecule has 1 N–H and O–H groups in total. The van der Waals surface area contributed by atoms with E-state index in [-0.39, 0.29) is 0 Å². The SMILES string of the molecule is Cn1nccc1C(NC(=O)C(F)Cl)C(=O)OC(C)(C)C. The van der Waals surface area contributed by atoms with Crippen LogP contribution in [0.5, 0.6) is 0 Å². The van der Waals surface area contributed by atoms with Gasteiger partial charge in [0.15, 0.2) is 6.04 Å². The van der Waals surface area contributed by atoms with Gasteiger partial charge in [0.2, 0.25) is 0 Å². The molecular weight excluding hydrogens is 289 g/mol. The number of aryl methyl sites for hydroxylation is 1. The first-order valence-corrected chi connectivity index (χ1v) is 6.35. The second-order valence-electron chi connectivity index (χ2n) is 5.16. The zero-order valence-corrected chi connectivity index (χ0v) is 12.4. The number of amides is 1. The number of rotatable bonds is 4. The molecule has 0 radical (unpaired) electrons. The lowest BCUT2D eigenvalue weighted by atomic mass is 10.1. The Labute approximate surface area is 121 Å². The number of carbonyl (C=O) groups excluding carboxylic acids is 2. The average molecular weight is 306 g/mol. The molecule has 8 heteroatoms. The lowest BCUT2D eigenvalue weighted by Gasteiger charge is -2.24. The lowest BCUT2D eigenvalue weighted by Crippen LogP contribution is -2.41. The van der Waals surface area contributed by atoms with Gasteiger partial charge in [-0.2, -0.15) is 5.10 Å². The number of alkyl halides is 2. The molecule has 1 amide bonds. The van der Waals surface area contributed by atoms with Crippen LogP contribution in [0, 0.1) is 0 Å². The number of halogens is 2. The number of carbonyl (C=O) groups is 2. The summed E-state index contributed by atoms with van der Waals surface area (Å²) in [5.41, 5.74) is -2.62. The van der Waals surface area contributed by atoms with Crippen LogP contribution in [0.4, 0.5) is 4.39 Å². The van der Waals surface area contributed by atoms with Crippen molar-refractivity contribution in [2.24, 2.45) is 7.05 Å². The number of aromatic nitrogens is 2. The third kappa shape index (κ3) is 4.48. The van der Waals surface area contributed by atoms with E-state index < -0.39 is 29.2 Å². The molecule has 2 unspecified atom stereocenters. The average Bonchev–Trinajstić information content (AvgIpc) is 2.69. The van der Waals surface area contributed by atoms with Crippen LogP contribution in [-0.4, -0.2) is 32.9 Å². The minimum atomic E-state index is -2.24. The molecule has 1 heterocycles. The van der Waals surface area contributed by atoms with E-state index >= 15 is 0 Å². The van der Waals surface area contributed by atoms with Gasteiger partial charge < -0.3 is 10.1 Å². The van der Waals surface area contributed by atoms with Crippen LogP contribution in [0.25, 0.3) is 0 Å². The molecule has 6 nitrogen and oxygen atoms in total. The van der Waals surface area contributed by atoms with Gasteiger partial charge in [-0.15, -0.1) is 0 Å². The maximum atomic E-state index is 12.8. The van der Waals surface area contributed by atoms with E-state index in [0.717, 1.165) is 0 Å². The van der Waals surface area contributed by atoms with Crippen molar-refractivity contribution in [1.82, 2.24) is 15.1 Å². The number of ether oxygens (including phenoxy) is 1. The minimum absolute atomic E-state index is 0.366. The van der Waals surface area contributed by atoms with E-state index in [2.05, 4.69) is 10.4 Å². The smallest absolute Gasteiger partial charge is 0.335 e. The van der Waals surface area contributed by atoms with E-state index in [0.29, 0.717) is 5.69 Å². The molecule has 0 aliphatic heterocycles. The van der Waals surface area contributed by atoms with Crippen molar-refractivity contribution in [1.29, 1.82) is 0 Å². The van der Waals surface area contributed by atoms with Crippen LogP contribution in [0.3, 0.4) is 0 Å². The molecule has 0 saturated carbocycles. The van der Waals surface area contributed by atoms with Gasteiger partial charge in [0.1, 0.15) is 5.60 Å². The Morgan fingerprint density at radius 3 is 2.50 bits per heavy atom. The van der Waals surface area contributed by atoms with Gasteiger partial charge in [0.05, 0.1) is 5.69 Å². The highest BCUT2D eigenvalue weighted by atomic mass is 35.5. The van der Waals surface area contributed by atoms with Gasteiger partial charge in [-0.05, 0) is 26.8 Å². The molecular formula is C12H17ClFN3O3. The first-order valence-electron chi connectivity index (χ1n) is 5.91. The summed E-state index contributed by atoms with van der Waals surface area (Å²) in [7, 11) is 1.59. The van der Waals surface area contributed by atoms with Crippen LogP contribution in [0.2, 0.25) is 0 Å². The number of esters is 1. The number of hydrogen-bond acceptors (Lipinski definition) is 4. The molecule has 0 spiro atoms. The molecule has 0 aliphatic rings. The van der Waals surface area contributed by atoms with Crippen molar-refractivity contribution in [3.8, 4) is 0 Å². The quantitative estimate of drug-likeness (QED) is 0.675. The summed E-state index contributed by atoms with van der Waals surface area (Å²) in [6.45, 7) is 5.06. The fourth-order valence-corrected chi connectivity index (χ4v) is 1.55. The monoisotopic (exact) mass is 305 g/mol. The normalized spacial score (nSPS) is 14.5. The Bertz CT molecular complexity index is 496. The molecule has 1 aromatic rings. The number of hydrogen-bond donors (Lipinski definition) is 1. The molecule has 1 rings (SSSR count). The maximum Gasteiger partial charge on any atom is 0.335 e. The molecule has 1 aromatic heterocycles. The fourth-order valence-electron chi connectivity index (χ4n) is 1.49. The summed E-state index contributed by atoms with van der Waals surface area (Å²) in [5.74, 6) is -1.82. The van der Waals surface area contributed by atoms with E-state index in [1.807, 2.05) is 0 Å². The Morgan fingerprint density at radius 2 is 2.10 bits per heavy atom. The molecule has 0 fully saturated rings. The zero-order valence-electron chi connectivity index (χ0n) is 11.7. The van der Waals surface area contributed by atoms with E-state index in [1.54, 1.807) is 27.8 Å². The van der Waals surface area contributed by atoms with Crippen LogP contribution >= 0.6 is 11.6 Å². The minimum Gasteiger partial charge on any atom is -0.458 e. The number of nitrogens with one attached hydrogen (secondary N) is 1. The second kappa shape index (κ2) is 6.21. The third-order valence-electron chi connectivity index (χ3n) is 2.28. The summed E-state index contributed by atoms with van der Waals surface area (Å²) in [4.78, 5) is 23.5. The summed E-state index contributed by atoms with van der Waals surface area (Å²) >= 11 is 5.06. The van der Waals surface area contributed by atoms with Crippen LogP contribution in [0.1, 0.15) is 32.5 Å². The van der Waals surface area contributed by atoms with Crippen molar-refractivity contribution < 1.29 is 18.7 Å². The molecule has 0 aromatic carbocycles. The predicted molar refractivity (Wildman–Crippen MR) is 70.7 cm³/mol. The molecule has 112 valence electrons. The van der Waals surface area contributed by atoms with Crippen molar-refractivity contribution >= 4 is 23.5 Å². The summed E-state index contributed by atoms with van der Waals surface area (Å²) in [5, 5.41) is 6.10. The Kier molecular flexibility index (Phi) is 5.10. The van der Waals surface area contributed by atoms with Gasteiger partial charge >= 0.3 is 5.97 Å². The molecule has 0 aliphatic carbocycles. The highest BCUT2D eigenvalue weighted by molar-refractivity contribution is 6.29. The summed E-state index contributed by atoms with van der Waals surface area (Å²) < 4.78 is 19.4. The van der Waals surface area contributed by atoms with Crippen LogP contribution in [0.15, 0.2) is 12.3 Å². The fraction of sp³-hybridized carbons (Fsp3) is 0.583. The van der Waals surface area contributed by atoms with E-state index in [1.165, 1.54) is 16.9 Å². The highest BCUT2D eigenvalue weighted by Gasteiger charge is 2.31. The van der Waals surface area contributed by atoms with Crippen LogP contribution < -0.4 is 5.32 Å². The summed E-state index contributed by atoms with van der Waals surface area (Å²) in [6, 6.07) is 0.349. The van der Waals surface area contributed by atoms with Crippen molar-refractivity contribution in [3.63, 3.8) is 0 Å². The zero-order chi connectivity index (χ0) is 15.5. The topological polar surface area (TPSA) is 73.2 Å². The second-order valence-corrected chi connectivity index (χ2v) is 5.54. The Balaban J connectivity index is 2.99. The van der Waals surface area contributed by atoms with Crippen LogP contribution in [-0.2, 0) is 21.4 Å². The third-order valence-corrected chi connectivity index (χ3v) is 2.48. The van der Waals surface area contributed by atoms with E-state index in [9.17, 15) is 14.0 Å². The van der Waals surface area contributed by atoms with Crippen molar-refractivity contribution in [2.45, 2.75) is 38.0 Å². The van der Waals surface area contributed by atoms with Gasteiger partial charge in [0.25, 0.3) is 11.5 Å². The highest BCUT2D eigenvalue weighted by Crippen LogP contribution is 2.18. The Hall–Kier alpha value is -1.63. The van der Waals surface area contributed by atoms with Crippen molar-refractivity contribution in [2.75, 3.05) is 0 Å². The molecule has 0 saturated heterocycles. The van der Waals surface area contributed by atoms with Gasteiger partial charge in [0, 0.05) is 13.2 Å². The molecule has 2 atom stereocenters. The van der Waals surface area contributed by atoms with Gasteiger partial charge in [-0.1, -0.05) is 11.6 Å². The lowest BCUT2D eigenvalue weighted by molar-refractivity contribution is -0.159. The van der Waals surface area contributed by atoms with Gasteiger partial charge in [-0.25, -0.2) is 9.18 Å². The first-order chi connectivity index (χ1) is 9.11. The van der Waals surface area contributed by atoms with Crippen molar-refractivity contribution in [3.05, 3.63) is 18.0 Å². The largest absolute Gasteiger partial charge is 0.458 e. The standard InChI is InChI=1S/C12H17ClFN3O3/c1-12(2,3)20-11(19)8(16-10(18)9(13)14)7-5-6-15-17(7)4/h5-6,8-9H,1-4H3,(H,16,18). The van der Waals surface area contributed by atoms with E-state index in [4.69, 9.17) is 16.3 Å². The number of nitrogens with zero attached hydrogens (tertiary/aromatic N) is 2. The first kappa shape index (κ1) is 16.4. The maximum absolute atomic E-state index is 12.8. The predicted octanol–water partition coefficient (Wildman–Crippen LogP) is 1.45. The summed E-state index contributed by atoms with van der Waals surface area (Å²) in [6.07, 6.45) is 1.45. The Morgan fingerprint density at radius 1 is 1.50 bits per heavy atom. The molecule has 0 bridgehead atoms. The molecule has 20 heavy (non-hydrogen) atoms. The van der Waals surface area contributed by atoms with Gasteiger partial charge in [-0.3, -0.25) is 9.48 Å².